The van der Waals surface area contributed by atoms with Crippen molar-refractivity contribution in [1.82, 2.24) is 4.98 Å². The summed E-state index contributed by atoms with van der Waals surface area (Å²) in [5.41, 5.74) is 0.808. The molecule has 94 valence electrons. The molecule has 1 unspecified atom stereocenters. The molecule has 6 heteroatoms. The summed E-state index contributed by atoms with van der Waals surface area (Å²) >= 11 is 1.76. The van der Waals surface area contributed by atoms with Gasteiger partial charge in [0.25, 0.3) is 0 Å². The Hall–Kier alpha value is -1.30. The van der Waals surface area contributed by atoms with E-state index in [0.29, 0.717) is 18.3 Å². The number of nitrogens with one attached hydrogen (secondary N) is 1. The normalized spacial score (nSPS) is 12.2. The first-order chi connectivity index (χ1) is 8.04. The molecule has 0 saturated heterocycles. The minimum absolute atomic E-state index is 0.0342. The lowest BCUT2D eigenvalue weighted by molar-refractivity contribution is -0.384. The fraction of sp³-hybridized carbons (Fsp3) is 0.545. The van der Waals surface area contributed by atoms with E-state index in [0.717, 1.165) is 11.4 Å². The van der Waals surface area contributed by atoms with Gasteiger partial charge in [-0.1, -0.05) is 6.92 Å². The Labute approximate surface area is 105 Å². The first-order valence-corrected chi connectivity index (χ1v) is 6.78. The largest absolute Gasteiger partial charge is 0.364 e. The summed E-state index contributed by atoms with van der Waals surface area (Å²) in [5, 5.41) is 13.9. The smallest absolute Gasteiger partial charge is 0.311 e. The van der Waals surface area contributed by atoms with Gasteiger partial charge in [-0.15, -0.1) is 0 Å². The molecule has 1 atom stereocenters. The fourth-order valence-corrected chi connectivity index (χ4v) is 2.13. The third-order valence-corrected chi connectivity index (χ3v) is 3.18. The van der Waals surface area contributed by atoms with Gasteiger partial charge in [-0.25, -0.2) is 4.98 Å². The molecule has 5 nitrogen and oxygen atoms in total. The van der Waals surface area contributed by atoms with Gasteiger partial charge in [-0.05, 0) is 30.9 Å². The number of nitro groups is 1. The van der Waals surface area contributed by atoms with Crippen LogP contribution in [-0.4, -0.2) is 28.5 Å². The average molecular weight is 255 g/mol. The van der Waals surface area contributed by atoms with E-state index in [4.69, 9.17) is 0 Å². The Morgan fingerprint density at radius 2 is 2.29 bits per heavy atom. The molecular weight excluding hydrogens is 238 g/mol. The first-order valence-electron chi connectivity index (χ1n) is 5.39. The second-order valence-electron chi connectivity index (χ2n) is 4.02. The third kappa shape index (κ3) is 4.22. The van der Waals surface area contributed by atoms with Gasteiger partial charge in [0.2, 0.25) is 5.82 Å². The maximum absolute atomic E-state index is 10.8. The summed E-state index contributed by atoms with van der Waals surface area (Å²) in [6, 6.07) is 3.14. The standard InChI is InChI=1S/C11H17N3O2S/c1-8(7-17-3)6-12-11-10(14(15)16)5-4-9(2)13-11/h4-5,8H,6-7H2,1-3H3,(H,12,13). The van der Waals surface area contributed by atoms with Gasteiger partial charge >= 0.3 is 5.69 Å². The predicted octanol–water partition coefficient (Wildman–Crippen LogP) is 2.71. The average Bonchev–Trinajstić information content (AvgIpc) is 2.26. The predicted molar refractivity (Wildman–Crippen MR) is 71.7 cm³/mol. The van der Waals surface area contributed by atoms with Crippen LogP contribution in [0.4, 0.5) is 11.5 Å². The number of hydrogen-bond donors (Lipinski definition) is 1. The number of thioether (sulfide) groups is 1. The Balaban J connectivity index is 2.75. The molecule has 1 aromatic heterocycles. The summed E-state index contributed by atoms with van der Waals surface area (Å²) in [5.74, 6) is 1.84. The number of pyridine rings is 1. The summed E-state index contributed by atoms with van der Waals surface area (Å²) in [7, 11) is 0. The molecule has 0 aliphatic carbocycles. The molecule has 0 spiro atoms. The van der Waals surface area contributed by atoms with Crippen molar-refractivity contribution in [2.24, 2.45) is 5.92 Å². The van der Waals surface area contributed by atoms with Crippen LogP contribution in [0.1, 0.15) is 12.6 Å². The number of rotatable bonds is 6. The maximum atomic E-state index is 10.8. The van der Waals surface area contributed by atoms with Gasteiger partial charge in [-0.2, -0.15) is 11.8 Å². The van der Waals surface area contributed by atoms with Gasteiger partial charge in [0, 0.05) is 18.3 Å². The van der Waals surface area contributed by atoms with Crippen molar-refractivity contribution in [2.45, 2.75) is 13.8 Å². The molecule has 0 saturated carbocycles. The quantitative estimate of drug-likeness (QED) is 0.625. The highest BCUT2D eigenvalue weighted by atomic mass is 32.2. The van der Waals surface area contributed by atoms with Crippen LogP contribution in [-0.2, 0) is 0 Å². The van der Waals surface area contributed by atoms with Gasteiger partial charge in [0.1, 0.15) is 0 Å². The van der Waals surface area contributed by atoms with Crippen LogP contribution >= 0.6 is 11.8 Å². The molecule has 0 aliphatic heterocycles. The lowest BCUT2D eigenvalue weighted by atomic mass is 10.2. The van der Waals surface area contributed by atoms with Crippen LogP contribution in [0.25, 0.3) is 0 Å². The van der Waals surface area contributed by atoms with Gasteiger partial charge in [0.15, 0.2) is 0 Å². The van der Waals surface area contributed by atoms with Gasteiger partial charge in [0.05, 0.1) is 4.92 Å². The number of hydrogen-bond acceptors (Lipinski definition) is 5. The zero-order valence-corrected chi connectivity index (χ0v) is 11.1. The monoisotopic (exact) mass is 255 g/mol. The minimum atomic E-state index is -0.409. The Morgan fingerprint density at radius 3 is 2.88 bits per heavy atom. The molecule has 17 heavy (non-hydrogen) atoms. The lowest BCUT2D eigenvalue weighted by Crippen LogP contribution is -2.15. The van der Waals surface area contributed by atoms with E-state index in [2.05, 4.69) is 17.2 Å². The first kappa shape index (κ1) is 13.8. The zero-order chi connectivity index (χ0) is 12.8. The molecule has 0 aliphatic rings. The lowest BCUT2D eigenvalue weighted by Gasteiger charge is -2.12. The van der Waals surface area contributed by atoms with Crippen LogP contribution in [0, 0.1) is 23.0 Å². The van der Waals surface area contributed by atoms with Crippen molar-refractivity contribution in [3.8, 4) is 0 Å². The molecule has 1 heterocycles. The number of anilines is 1. The van der Waals surface area contributed by atoms with E-state index >= 15 is 0 Å². The third-order valence-electron chi connectivity index (χ3n) is 2.28. The van der Waals surface area contributed by atoms with Crippen LogP contribution in [0.15, 0.2) is 12.1 Å². The van der Waals surface area contributed by atoms with Crippen LogP contribution in [0.2, 0.25) is 0 Å². The highest BCUT2D eigenvalue weighted by Crippen LogP contribution is 2.22. The molecule has 1 aromatic rings. The summed E-state index contributed by atoms with van der Waals surface area (Å²) < 4.78 is 0. The fourth-order valence-electron chi connectivity index (χ4n) is 1.44. The van der Waals surface area contributed by atoms with Crippen molar-refractivity contribution in [1.29, 1.82) is 0 Å². The van der Waals surface area contributed by atoms with E-state index < -0.39 is 4.92 Å². The molecule has 0 bridgehead atoms. The van der Waals surface area contributed by atoms with E-state index in [1.165, 1.54) is 6.07 Å². The summed E-state index contributed by atoms with van der Waals surface area (Å²) in [4.78, 5) is 14.6. The number of aryl methyl sites for hydroxylation is 1. The SMILES string of the molecule is CSCC(C)CNc1nc(C)ccc1[N+](=O)[O-]. The van der Waals surface area contributed by atoms with Gasteiger partial charge in [-0.3, -0.25) is 10.1 Å². The van der Waals surface area contributed by atoms with Crippen molar-refractivity contribution in [3.63, 3.8) is 0 Å². The zero-order valence-electron chi connectivity index (χ0n) is 10.3. The number of nitrogens with zero attached hydrogens (tertiary/aromatic N) is 2. The molecule has 0 radical (unpaired) electrons. The highest BCUT2D eigenvalue weighted by molar-refractivity contribution is 7.98. The van der Waals surface area contributed by atoms with Crippen molar-refractivity contribution in [2.75, 3.05) is 23.9 Å². The Morgan fingerprint density at radius 1 is 1.59 bits per heavy atom. The Kier molecular flexibility index (Phi) is 5.21. The molecule has 0 fully saturated rings. The summed E-state index contributed by atoms with van der Waals surface area (Å²) in [6.45, 7) is 4.61. The maximum Gasteiger partial charge on any atom is 0.311 e. The second-order valence-corrected chi connectivity index (χ2v) is 4.93. The minimum Gasteiger partial charge on any atom is -0.364 e. The van der Waals surface area contributed by atoms with E-state index in [1.807, 2.05) is 13.2 Å². The highest BCUT2D eigenvalue weighted by Gasteiger charge is 2.15. The molecule has 1 N–H and O–H groups in total. The van der Waals surface area contributed by atoms with Crippen LogP contribution in [0.3, 0.4) is 0 Å². The topological polar surface area (TPSA) is 68.1 Å². The van der Waals surface area contributed by atoms with Crippen molar-refractivity contribution >= 4 is 23.3 Å². The van der Waals surface area contributed by atoms with Crippen LogP contribution in [0.5, 0.6) is 0 Å². The molecule has 0 aromatic carbocycles. The molecule has 0 amide bonds. The van der Waals surface area contributed by atoms with E-state index in [9.17, 15) is 10.1 Å². The van der Waals surface area contributed by atoms with E-state index in [-0.39, 0.29) is 5.69 Å². The molecule has 1 rings (SSSR count). The van der Waals surface area contributed by atoms with Gasteiger partial charge < -0.3 is 5.32 Å². The van der Waals surface area contributed by atoms with Crippen molar-refractivity contribution < 1.29 is 4.92 Å². The van der Waals surface area contributed by atoms with Crippen molar-refractivity contribution in [3.05, 3.63) is 27.9 Å². The second kappa shape index (κ2) is 6.44. The summed E-state index contributed by atoms with van der Waals surface area (Å²) in [6.07, 6.45) is 2.05. The number of aromatic nitrogens is 1. The van der Waals surface area contributed by atoms with Crippen LogP contribution < -0.4 is 5.32 Å². The van der Waals surface area contributed by atoms with E-state index in [1.54, 1.807) is 17.8 Å². The Bertz CT molecular complexity index is 398. The molecular formula is C11H17N3O2S.